The van der Waals surface area contributed by atoms with E-state index in [4.69, 9.17) is 0 Å². The van der Waals surface area contributed by atoms with Crippen molar-refractivity contribution >= 4 is 5.91 Å². The Morgan fingerprint density at radius 3 is 2.38 bits per heavy atom. The minimum absolute atomic E-state index is 0.152. The van der Waals surface area contributed by atoms with Gasteiger partial charge >= 0.3 is 0 Å². The third-order valence-electron chi connectivity index (χ3n) is 4.05. The molecule has 2 N–H and O–H groups in total. The Kier molecular flexibility index (Phi) is 4.75. The first-order chi connectivity index (χ1) is 11.7. The maximum atomic E-state index is 12.3. The fourth-order valence-electron chi connectivity index (χ4n) is 2.48. The standard InChI is InChI=1S/C20H21N3O/c1-3-15-6-8-16(9-7-15)13-21-20(24)19-12-18(22-23-19)17-10-4-14(2)5-11-17/h4-12H,3,13H2,1-2H3,(H,21,24)(H,22,23). The van der Waals surface area contributed by atoms with Crippen LogP contribution in [0.15, 0.2) is 54.6 Å². The molecule has 0 aliphatic rings. The van der Waals surface area contributed by atoms with Gasteiger partial charge in [-0.1, -0.05) is 61.0 Å². The minimum atomic E-state index is -0.152. The third-order valence-corrected chi connectivity index (χ3v) is 4.05. The zero-order valence-electron chi connectivity index (χ0n) is 14.0. The summed E-state index contributed by atoms with van der Waals surface area (Å²) in [4.78, 5) is 12.3. The van der Waals surface area contributed by atoms with Crippen molar-refractivity contribution < 1.29 is 4.79 Å². The van der Waals surface area contributed by atoms with Gasteiger partial charge in [-0.05, 0) is 30.5 Å². The summed E-state index contributed by atoms with van der Waals surface area (Å²) in [5, 5.41) is 9.96. The van der Waals surface area contributed by atoms with Crippen molar-refractivity contribution in [3.63, 3.8) is 0 Å². The topological polar surface area (TPSA) is 57.8 Å². The number of carbonyl (C=O) groups excluding carboxylic acids is 1. The Hall–Kier alpha value is -2.88. The zero-order valence-corrected chi connectivity index (χ0v) is 14.0. The van der Waals surface area contributed by atoms with Gasteiger partial charge in [-0.2, -0.15) is 5.10 Å². The lowest BCUT2D eigenvalue weighted by molar-refractivity contribution is 0.0946. The summed E-state index contributed by atoms with van der Waals surface area (Å²) < 4.78 is 0. The molecule has 0 saturated heterocycles. The minimum Gasteiger partial charge on any atom is -0.347 e. The number of rotatable bonds is 5. The van der Waals surface area contributed by atoms with Crippen LogP contribution in [0.3, 0.4) is 0 Å². The van der Waals surface area contributed by atoms with Crippen LogP contribution < -0.4 is 5.32 Å². The van der Waals surface area contributed by atoms with Crippen LogP contribution in [-0.4, -0.2) is 16.1 Å². The highest BCUT2D eigenvalue weighted by molar-refractivity contribution is 5.93. The molecule has 24 heavy (non-hydrogen) atoms. The summed E-state index contributed by atoms with van der Waals surface area (Å²) in [5.74, 6) is -0.152. The molecular formula is C20H21N3O. The molecule has 122 valence electrons. The Balaban J connectivity index is 1.64. The number of hydrogen-bond donors (Lipinski definition) is 2. The molecule has 0 aliphatic heterocycles. The van der Waals surface area contributed by atoms with Gasteiger partial charge in [0.2, 0.25) is 0 Å². The Morgan fingerprint density at radius 1 is 1.04 bits per heavy atom. The molecule has 1 heterocycles. The predicted octanol–water partition coefficient (Wildman–Crippen LogP) is 3.88. The monoisotopic (exact) mass is 319 g/mol. The molecular weight excluding hydrogens is 298 g/mol. The van der Waals surface area contributed by atoms with E-state index in [9.17, 15) is 4.79 Å². The largest absolute Gasteiger partial charge is 0.347 e. The summed E-state index contributed by atoms with van der Waals surface area (Å²) >= 11 is 0. The van der Waals surface area contributed by atoms with E-state index in [0.29, 0.717) is 12.2 Å². The van der Waals surface area contributed by atoms with Crippen molar-refractivity contribution in [1.82, 2.24) is 15.5 Å². The molecule has 0 radical (unpaired) electrons. The van der Waals surface area contributed by atoms with Crippen molar-refractivity contribution in [1.29, 1.82) is 0 Å². The highest BCUT2D eigenvalue weighted by atomic mass is 16.1. The maximum Gasteiger partial charge on any atom is 0.269 e. The van der Waals surface area contributed by atoms with Gasteiger partial charge in [0.1, 0.15) is 5.69 Å². The summed E-state index contributed by atoms with van der Waals surface area (Å²) in [6.07, 6.45) is 1.02. The smallest absolute Gasteiger partial charge is 0.269 e. The number of aryl methyl sites for hydroxylation is 2. The Bertz CT molecular complexity index is 817. The highest BCUT2D eigenvalue weighted by Crippen LogP contribution is 2.18. The van der Waals surface area contributed by atoms with Crippen LogP contribution in [0.4, 0.5) is 0 Å². The number of benzene rings is 2. The Labute approximate surface area is 141 Å². The van der Waals surface area contributed by atoms with Crippen LogP contribution in [-0.2, 0) is 13.0 Å². The van der Waals surface area contributed by atoms with Gasteiger partial charge in [0.05, 0.1) is 5.69 Å². The second kappa shape index (κ2) is 7.13. The van der Waals surface area contributed by atoms with E-state index >= 15 is 0 Å². The number of H-pyrrole nitrogens is 1. The lowest BCUT2D eigenvalue weighted by atomic mass is 10.1. The lowest BCUT2D eigenvalue weighted by Gasteiger charge is -2.04. The van der Waals surface area contributed by atoms with Crippen molar-refractivity contribution in [2.24, 2.45) is 0 Å². The maximum absolute atomic E-state index is 12.3. The van der Waals surface area contributed by atoms with E-state index in [1.807, 2.05) is 43.3 Å². The molecule has 0 spiro atoms. The second-order valence-corrected chi connectivity index (χ2v) is 5.89. The SMILES string of the molecule is CCc1ccc(CNC(=O)c2cc(-c3ccc(C)cc3)n[nH]2)cc1. The molecule has 3 rings (SSSR count). The van der Waals surface area contributed by atoms with E-state index in [1.54, 1.807) is 6.07 Å². The average Bonchev–Trinajstić information content (AvgIpc) is 3.11. The first kappa shape index (κ1) is 16.0. The third kappa shape index (κ3) is 3.71. The van der Waals surface area contributed by atoms with Crippen molar-refractivity contribution in [2.75, 3.05) is 0 Å². The first-order valence-corrected chi connectivity index (χ1v) is 8.14. The van der Waals surface area contributed by atoms with Crippen LogP contribution in [0.5, 0.6) is 0 Å². The number of nitrogens with zero attached hydrogens (tertiary/aromatic N) is 1. The van der Waals surface area contributed by atoms with Gasteiger partial charge in [-0.25, -0.2) is 0 Å². The Morgan fingerprint density at radius 2 is 1.71 bits per heavy atom. The van der Waals surface area contributed by atoms with Gasteiger partial charge in [-0.15, -0.1) is 0 Å². The molecule has 0 bridgehead atoms. The number of hydrogen-bond acceptors (Lipinski definition) is 2. The lowest BCUT2D eigenvalue weighted by Crippen LogP contribution is -2.23. The molecule has 3 aromatic rings. The molecule has 0 saturated carbocycles. The fraction of sp³-hybridized carbons (Fsp3) is 0.200. The van der Waals surface area contributed by atoms with Gasteiger partial charge in [0, 0.05) is 12.1 Å². The van der Waals surface area contributed by atoms with Crippen LogP contribution in [0, 0.1) is 6.92 Å². The molecule has 1 aromatic heterocycles. The summed E-state index contributed by atoms with van der Waals surface area (Å²) in [6, 6.07) is 18.1. The average molecular weight is 319 g/mol. The predicted molar refractivity (Wildman–Crippen MR) is 95.8 cm³/mol. The van der Waals surface area contributed by atoms with Crippen molar-refractivity contribution in [3.8, 4) is 11.3 Å². The van der Waals surface area contributed by atoms with Gasteiger partial charge in [0.15, 0.2) is 0 Å². The van der Waals surface area contributed by atoms with E-state index in [-0.39, 0.29) is 5.91 Å². The number of aromatic amines is 1. The number of carbonyl (C=O) groups is 1. The highest BCUT2D eigenvalue weighted by Gasteiger charge is 2.10. The number of aromatic nitrogens is 2. The number of amides is 1. The normalized spacial score (nSPS) is 10.6. The summed E-state index contributed by atoms with van der Waals surface area (Å²) in [6.45, 7) is 4.67. The van der Waals surface area contributed by atoms with E-state index < -0.39 is 0 Å². The van der Waals surface area contributed by atoms with E-state index in [1.165, 1.54) is 11.1 Å². The van der Waals surface area contributed by atoms with Gasteiger partial charge < -0.3 is 5.32 Å². The molecule has 4 heteroatoms. The molecule has 0 aliphatic carbocycles. The van der Waals surface area contributed by atoms with Crippen LogP contribution in [0.2, 0.25) is 0 Å². The van der Waals surface area contributed by atoms with Gasteiger partial charge in [0.25, 0.3) is 5.91 Å². The molecule has 0 atom stereocenters. The summed E-state index contributed by atoms with van der Waals surface area (Å²) in [5.41, 5.74) is 5.80. The number of nitrogens with one attached hydrogen (secondary N) is 2. The molecule has 4 nitrogen and oxygen atoms in total. The molecule has 0 fully saturated rings. The first-order valence-electron chi connectivity index (χ1n) is 8.14. The van der Waals surface area contributed by atoms with E-state index in [0.717, 1.165) is 23.2 Å². The molecule has 1 amide bonds. The van der Waals surface area contributed by atoms with E-state index in [2.05, 4.69) is 34.6 Å². The van der Waals surface area contributed by atoms with Crippen LogP contribution in [0.1, 0.15) is 34.1 Å². The van der Waals surface area contributed by atoms with Crippen LogP contribution in [0.25, 0.3) is 11.3 Å². The molecule has 0 unspecified atom stereocenters. The quantitative estimate of drug-likeness (QED) is 0.750. The summed E-state index contributed by atoms with van der Waals surface area (Å²) in [7, 11) is 0. The second-order valence-electron chi connectivity index (χ2n) is 5.89. The fourth-order valence-corrected chi connectivity index (χ4v) is 2.48. The van der Waals surface area contributed by atoms with Crippen molar-refractivity contribution in [2.45, 2.75) is 26.8 Å². The zero-order chi connectivity index (χ0) is 16.9. The van der Waals surface area contributed by atoms with Crippen LogP contribution >= 0.6 is 0 Å². The van der Waals surface area contributed by atoms with Crippen molar-refractivity contribution in [3.05, 3.63) is 77.0 Å². The molecule has 2 aromatic carbocycles. The van der Waals surface area contributed by atoms with Gasteiger partial charge in [-0.3, -0.25) is 9.89 Å².